The SMILES string of the molecule is CC(=O)N1c2ccc(S(=O)(=O)NCc3cccc(-n4cccn4)c3)cc2CC1C. The Morgan fingerprint density at radius 3 is 2.76 bits per heavy atom. The van der Waals surface area contributed by atoms with Gasteiger partial charge in [0.2, 0.25) is 15.9 Å². The summed E-state index contributed by atoms with van der Waals surface area (Å²) in [7, 11) is -3.68. The van der Waals surface area contributed by atoms with E-state index < -0.39 is 10.0 Å². The normalized spacial score (nSPS) is 16.1. The third-order valence-corrected chi connectivity index (χ3v) is 6.46. The maximum atomic E-state index is 12.8. The van der Waals surface area contributed by atoms with Gasteiger partial charge in [0.1, 0.15) is 0 Å². The Labute approximate surface area is 170 Å². The summed E-state index contributed by atoms with van der Waals surface area (Å²) in [6, 6.07) is 14.3. The zero-order valence-electron chi connectivity index (χ0n) is 16.2. The Kier molecular flexibility index (Phi) is 4.97. The zero-order chi connectivity index (χ0) is 20.6. The van der Waals surface area contributed by atoms with E-state index in [0.717, 1.165) is 22.5 Å². The Morgan fingerprint density at radius 2 is 2.03 bits per heavy atom. The highest BCUT2D eigenvalue weighted by Crippen LogP contribution is 2.33. The lowest BCUT2D eigenvalue weighted by molar-refractivity contribution is -0.116. The molecule has 0 aliphatic carbocycles. The zero-order valence-corrected chi connectivity index (χ0v) is 17.1. The van der Waals surface area contributed by atoms with Crippen molar-refractivity contribution in [3.8, 4) is 5.69 Å². The van der Waals surface area contributed by atoms with E-state index in [1.165, 1.54) is 6.92 Å². The van der Waals surface area contributed by atoms with Crippen molar-refractivity contribution < 1.29 is 13.2 Å². The molecule has 0 saturated carbocycles. The molecule has 1 unspecified atom stereocenters. The van der Waals surface area contributed by atoms with E-state index in [9.17, 15) is 13.2 Å². The number of nitrogens with zero attached hydrogens (tertiary/aromatic N) is 3. The van der Waals surface area contributed by atoms with Gasteiger partial charge in [-0.05, 0) is 60.9 Å². The second-order valence-corrected chi connectivity index (χ2v) is 8.94. The number of sulfonamides is 1. The van der Waals surface area contributed by atoms with Crippen LogP contribution in [-0.2, 0) is 27.8 Å². The van der Waals surface area contributed by atoms with E-state index in [-0.39, 0.29) is 23.4 Å². The molecule has 4 rings (SSSR count). The predicted octanol–water partition coefficient (Wildman–Crippen LogP) is 2.65. The number of benzene rings is 2. The molecule has 0 fully saturated rings. The molecule has 0 saturated heterocycles. The van der Waals surface area contributed by atoms with Crippen LogP contribution in [0.25, 0.3) is 5.69 Å². The van der Waals surface area contributed by atoms with Crippen LogP contribution in [0.15, 0.2) is 65.8 Å². The molecule has 3 aromatic rings. The number of hydrogen-bond donors (Lipinski definition) is 1. The standard InChI is InChI=1S/C21H22N4O3S/c1-15-11-18-13-20(7-8-21(18)25(15)16(2)26)29(27,28)23-14-17-5-3-6-19(12-17)24-10-4-9-22-24/h3-10,12-13,15,23H,11,14H2,1-2H3. The Balaban J connectivity index is 1.53. The summed E-state index contributed by atoms with van der Waals surface area (Å²) >= 11 is 0. The highest BCUT2D eigenvalue weighted by molar-refractivity contribution is 7.89. The van der Waals surface area contributed by atoms with Crippen molar-refractivity contribution in [1.82, 2.24) is 14.5 Å². The molecule has 1 aliphatic heterocycles. The van der Waals surface area contributed by atoms with Crippen molar-refractivity contribution in [2.75, 3.05) is 4.90 Å². The number of hydrogen-bond acceptors (Lipinski definition) is 4. The number of carbonyl (C=O) groups excluding carboxylic acids is 1. The molecule has 0 bridgehead atoms. The van der Waals surface area contributed by atoms with Crippen LogP contribution in [0.2, 0.25) is 0 Å². The molecule has 29 heavy (non-hydrogen) atoms. The molecular formula is C21H22N4O3S. The molecule has 0 radical (unpaired) electrons. The third kappa shape index (κ3) is 3.81. The van der Waals surface area contributed by atoms with Gasteiger partial charge in [0, 0.05) is 37.6 Å². The average Bonchev–Trinajstić information content (AvgIpc) is 3.33. The summed E-state index contributed by atoms with van der Waals surface area (Å²) < 4.78 is 30.0. The second kappa shape index (κ2) is 7.46. The summed E-state index contributed by atoms with van der Waals surface area (Å²) in [5.41, 5.74) is 3.36. The van der Waals surface area contributed by atoms with Crippen LogP contribution in [0.3, 0.4) is 0 Å². The van der Waals surface area contributed by atoms with Gasteiger partial charge >= 0.3 is 0 Å². The summed E-state index contributed by atoms with van der Waals surface area (Å²) in [6.45, 7) is 3.65. The van der Waals surface area contributed by atoms with Crippen molar-refractivity contribution in [3.05, 3.63) is 72.1 Å². The fourth-order valence-electron chi connectivity index (χ4n) is 3.75. The lowest BCUT2D eigenvalue weighted by Crippen LogP contribution is -2.33. The number of carbonyl (C=O) groups is 1. The highest BCUT2D eigenvalue weighted by atomic mass is 32.2. The molecule has 1 amide bonds. The molecule has 150 valence electrons. The fourth-order valence-corrected chi connectivity index (χ4v) is 4.81. The summed E-state index contributed by atoms with van der Waals surface area (Å²) in [5, 5.41) is 4.19. The quantitative estimate of drug-likeness (QED) is 0.701. The molecule has 1 N–H and O–H groups in total. The van der Waals surface area contributed by atoms with E-state index in [4.69, 9.17) is 0 Å². The van der Waals surface area contributed by atoms with Crippen LogP contribution < -0.4 is 9.62 Å². The molecule has 0 spiro atoms. The number of nitrogens with one attached hydrogen (secondary N) is 1. The van der Waals surface area contributed by atoms with Gasteiger partial charge in [-0.2, -0.15) is 5.10 Å². The van der Waals surface area contributed by atoms with Gasteiger partial charge in [-0.25, -0.2) is 17.8 Å². The van der Waals surface area contributed by atoms with E-state index in [1.807, 2.05) is 43.5 Å². The van der Waals surface area contributed by atoms with Crippen LogP contribution in [-0.4, -0.2) is 30.1 Å². The second-order valence-electron chi connectivity index (χ2n) is 7.18. The third-order valence-electron chi connectivity index (χ3n) is 5.06. The molecule has 2 heterocycles. The fraction of sp³-hybridized carbons (Fsp3) is 0.238. The monoisotopic (exact) mass is 410 g/mol. The van der Waals surface area contributed by atoms with Crippen LogP contribution in [0.4, 0.5) is 5.69 Å². The van der Waals surface area contributed by atoms with Gasteiger partial charge in [-0.1, -0.05) is 12.1 Å². The maximum absolute atomic E-state index is 12.8. The van der Waals surface area contributed by atoms with Crippen LogP contribution in [0.1, 0.15) is 25.0 Å². The Bertz CT molecular complexity index is 1160. The van der Waals surface area contributed by atoms with Gasteiger partial charge in [0.25, 0.3) is 0 Å². The summed E-state index contributed by atoms with van der Waals surface area (Å²) in [4.78, 5) is 13.8. The minimum Gasteiger partial charge on any atom is -0.309 e. The predicted molar refractivity (Wildman–Crippen MR) is 110 cm³/mol. The first-order chi connectivity index (χ1) is 13.8. The Hall–Kier alpha value is -2.97. The Morgan fingerprint density at radius 1 is 1.21 bits per heavy atom. The largest absolute Gasteiger partial charge is 0.309 e. The molecule has 8 heteroatoms. The van der Waals surface area contributed by atoms with Crippen molar-refractivity contribution in [1.29, 1.82) is 0 Å². The van der Waals surface area contributed by atoms with Crippen LogP contribution in [0.5, 0.6) is 0 Å². The van der Waals surface area contributed by atoms with Crippen LogP contribution in [0, 0.1) is 0 Å². The maximum Gasteiger partial charge on any atom is 0.240 e. The van der Waals surface area contributed by atoms with Crippen molar-refractivity contribution in [3.63, 3.8) is 0 Å². The number of anilines is 1. The smallest absolute Gasteiger partial charge is 0.240 e. The lowest BCUT2D eigenvalue weighted by Gasteiger charge is -2.20. The molecular weight excluding hydrogens is 388 g/mol. The van der Waals surface area contributed by atoms with E-state index >= 15 is 0 Å². The van der Waals surface area contributed by atoms with Crippen LogP contribution >= 0.6 is 0 Å². The number of fused-ring (bicyclic) bond motifs is 1. The average molecular weight is 410 g/mol. The molecule has 1 aromatic heterocycles. The first-order valence-electron chi connectivity index (χ1n) is 9.36. The van der Waals surface area contributed by atoms with Gasteiger partial charge in [-0.3, -0.25) is 4.79 Å². The first kappa shape index (κ1) is 19.4. The van der Waals surface area contributed by atoms with Gasteiger partial charge in [0.15, 0.2) is 0 Å². The van der Waals surface area contributed by atoms with E-state index in [2.05, 4.69) is 9.82 Å². The topological polar surface area (TPSA) is 84.3 Å². The van der Waals surface area contributed by atoms with E-state index in [0.29, 0.717) is 6.42 Å². The van der Waals surface area contributed by atoms with Gasteiger partial charge < -0.3 is 4.90 Å². The van der Waals surface area contributed by atoms with Crippen molar-refractivity contribution >= 4 is 21.6 Å². The minimum absolute atomic E-state index is 0.0263. The summed E-state index contributed by atoms with van der Waals surface area (Å²) in [6.07, 6.45) is 4.17. The lowest BCUT2D eigenvalue weighted by atomic mass is 10.1. The van der Waals surface area contributed by atoms with Gasteiger partial charge in [-0.15, -0.1) is 0 Å². The van der Waals surface area contributed by atoms with E-state index in [1.54, 1.807) is 34.0 Å². The molecule has 7 nitrogen and oxygen atoms in total. The van der Waals surface area contributed by atoms with Crippen molar-refractivity contribution in [2.45, 2.75) is 37.8 Å². The molecule has 1 aliphatic rings. The first-order valence-corrected chi connectivity index (χ1v) is 10.8. The minimum atomic E-state index is -3.68. The highest BCUT2D eigenvalue weighted by Gasteiger charge is 2.30. The van der Waals surface area contributed by atoms with Gasteiger partial charge in [0.05, 0.1) is 10.6 Å². The number of aromatic nitrogens is 2. The summed E-state index contributed by atoms with van der Waals surface area (Å²) in [5.74, 6) is -0.0398. The molecule has 2 aromatic carbocycles. The number of rotatable bonds is 5. The number of amides is 1. The van der Waals surface area contributed by atoms with Crippen molar-refractivity contribution in [2.24, 2.45) is 0 Å². The molecule has 1 atom stereocenters.